The molecule has 0 unspecified atom stereocenters. The molecule has 0 atom stereocenters. The monoisotopic (exact) mass is 409 g/mol. The number of primary sulfonamides is 1. The Labute approximate surface area is 159 Å². The Morgan fingerprint density at radius 1 is 0.679 bits per heavy atom. The van der Waals surface area contributed by atoms with Gasteiger partial charge in [-0.2, -0.15) is 0 Å². The first kappa shape index (κ1) is 20.0. The Hall–Kier alpha value is -2.71. The lowest BCUT2D eigenvalue weighted by molar-refractivity contribution is 0.412. The van der Waals surface area contributed by atoms with Crippen molar-refractivity contribution in [2.24, 2.45) is 5.14 Å². The lowest BCUT2D eigenvalue weighted by atomic mass is 9.91. The maximum atomic E-state index is 14.7. The third kappa shape index (κ3) is 3.41. The largest absolute Gasteiger partial charge is 0.238 e. The minimum Gasteiger partial charge on any atom is -0.225 e. The summed E-state index contributed by atoms with van der Waals surface area (Å²) in [5.41, 5.74) is 0.784. The summed E-state index contributed by atoms with van der Waals surface area (Å²) in [5.74, 6) is -6.98. The summed E-state index contributed by atoms with van der Waals surface area (Å²) in [6.45, 7) is 3.56. The second kappa shape index (κ2) is 7.03. The quantitative estimate of drug-likeness (QED) is 0.382. The van der Waals surface area contributed by atoms with Crippen molar-refractivity contribution in [1.82, 2.24) is 0 Å². The lowest BCUT2D eigenvalue weighted by Crippen LogP contribution is -2.11. The van der Waals surface area contributed by atoms with E-state index in [1.54, 1.807) is 13.0 Å². The van der Waals surface area contributed by atoms with Crippen LogP contribution in [0, 0.1) is 37.1 Å². The van der Waals surface area contributed by atoms with Gasteiger partial charge in [0.1, 0.15) is 0 Å². The molecule has 3 nitrogen and oxygen atoms in total. The number of hydrogen-bond donors (Lipinski definition) is 1. The van der Waals surface area contributed by atoms with Crippen LogP contribution in [-0.4, -0.2) is 8.42 Å². The summed E-state index contributed by atoms with van der Waals surface area (Å²) in [4.78, 5) is -0.257. The van der Waals surface area contributed by atoms with E-state index in [4.69, 9.17) is 5.14 Å². The highest BCUT2D eigenvalue weighted by molar-refractivity contribution is 7.89. The van der Waals surface area contributed by atoms with Crippen LogP contribution in [0.4, 0.5) is 17.6 Å². The highest BCUT2D eigenvalue weighted by Crippen LogP contribution is 2.39. The molecule has 0 aliphatic carbocycles. The van der Waals surface area contributed by atoms with Crippen LogP contribution < -0.4 is 5.14 Å². The fraction of sp³-hybridized carbons (Fsp3) is 0.100. The summed E-state index contributed by atoms with van der Waals surface area (Å²) in [7, 11) is -4.01. The van der Waals surface area contributed by atoms with Crippen LogP contribution in [0.15, 0.2) is 47.4 Å². The predicted molar refractivity (Wildman–Crippen MR) is 98.0 cm³/mol. The molecule has 146 valence electrons. The predicted octanol–water partition coefficient (Wildman–Crippen LogP) is 4.84. The molecule has 0 amide bonds. The van der Waals surface area contributed by atoms with Gasteiger partial charge in [0.15, 0.2) is 23.3 Å². The van der Waals surface area contributed by atoms with Gasteiger partial charge in [-0.1, -0.05) is 30.3 Å². The molecule has 0 saturated carbocycles. The summed E-state index contributed by atoms with van der Waals surface area (Å²) in [5, 5.41) is 5.02. The number of sulfonamides is 1. The summed E-state index contributed by atoms with van der Waals surface area (Å²) in [6, 6.07) is 9.11. The molecule has 0 aliphatic heterocycles. The van der Waals surface area contributed by atoms with Crippen LogP contribution in [0.25, 0.3) is 22.3 Å². The van der Waals surface area contributed by atoms with Crippen LogP contribution in [0.1, 0.15) is 11.1 Å². The van der Waals surface area contributed by atoms with Crippen LogP contribution in [-0.2, 0) is 10.0 Å². The van der Waals surface area contributed by atoms with E-state index in [9.17, 15) is 26.0 Å². The molecule has 28 heavy (non-hydrogen) atoms. The molecule has 0 fully saturated rings. The smallest absolute Gasteiger partial charge is 0.225 e. The minimum atomic E-state index is -4.01. The molecule has 3 rings (SSSR count). The van der Waals surface area contributed by atoms with Gasteiger partial charge in [0, 0.05) is 11.1 Å². The second-order valence-corrected chi connectivity index (χ2v) is 7.94. The van der Waals surface area contributed by atoms with Crippen molar-refractivity contribution in [2.75, 3.05) is 0 Å². The van der Waals surface area contributed by atoms with Gasteiger partial charge in [-0.05, 0) is 48.2 Å². The van der Waals surface area contributed by atoms with Gasteiger partial charge in [0.25, 0.3) is 0 Å². The summed E-state index contributed by atoms with van der Waals surface area (Å²) < 4.78 is 80.0. The van der Waals surface area contributed by atoms with Crippen molar-refractivity contribution in [2.45, 2.75) is 18.7 Å². The zero-order valence-corrected chi connectivity index (χ0v) is 15.7. The van der Waals surface area contributed by atoms with E-state index < -0.39 is 44.4 Å². The Bertz CT molecular complexity index is 1190. The molecule has 3 aromatic rings. The van der Waals surface area contributed by atoms with Crippen molar-refractivity contribution in [3.8, 4) is 22.3 Å². The normalized spacial score (nSPS) is 11.7. The first-order chi connectivity index (χ1) is 13.0. The van der Waals surface area contributed by atoms with Gasteiger partial charge in [-0.25, -0.2) is 31.1 Å². The first-order valence-electron chi connectivity index (χ1n) is 8.09. The Morgan fingerprint density at radius 3 is 1.61 bits per heavy atom. The van der Waals surface area contributed by atoms with E-state index in [1.165, 1.54) is 12.1 Å². The molecule has 0 radical (unpaired) electrons. The number of halogens is 4. The zero-order valence-electron chi connectivity index (χ0n) is 14.9. The van der Waals surface area contributed by atoms with Crippen molar-refractivity contribution >= 4 is 10.0 Å². The maximum absolute atomic E-state index is 14.7. The topological polar surface area (TPSA) is 60.2 Å². The third-order valence-electron chi connectivity index (χ3n) is 4.53. The molecule has 0 saturated heterocycles. The highest BCUT2D eigenvalue weighted by atomic mass is 32.2. The van der Waals surface area contributed by atoms with Crippen molar-refractivity contribution in [3.63, 3.8) is 0 Å². The van der Waals surface area contributed by atoms with Gasteiger partial charge < -0.3 is 0 Å². The van der Waals surface area contributed by atoms with Crippen LogP contribution in [0.5, 0.6) is 0 Å². The molecule has 0 spiro atoms. The van der Waals surface area contributed by atoms with E-state index in [2.05, 4.69) is 0 Å². The molecular formula is C20H15F4NO2S. The van der Waals surface area contributed by atoms with E-state index in [1.807, 2.05) is 6.92 Å². The first-order valence-corrected chi connectivity index (χ1v) is 9.63. The summed E-state index contributed by atoms with van der Waals surface area (Å²) >= 11 is 0. The van der Waals surface area contributed by atoms with Crippen molar-refractivity contribution < 1.29 is 26.0 Å². The van der Waals surface area contributed by atoms with Gasteiger partial charge >= 0.3 is 0 Å². The average molecular weight is 409 g/mol. The highest BCUT2D eigenvalue weighted by Gasteiger charge is 2.27. The number of nitrogens with two attached hydrogens (primary N) is 1. The van der Waals surface area contributed by atoms with Gasteiger partial charge in [0.2, 0.25) is 10.0 Å². The van der Waals surface area contributed by atoms with E-state index >= 15 is 0 Å². The number of benzene rings is 3. The van der Waals surface area contributed by atoms with E-state index in [-0.39, 0.29) is 16.0 Å². The SMILES string of the molecule is Cc1ccc(-c2c(F)c(F)c(F)c(F)c2-c2ccc(S(N)(=O)=O)cc2)cc1C. The fourth-order valence-corrected chi connectivity index (χ4v) is 3.40. The van der Waals surface area contributed by atoms with Crippen LogP contribution >= 0.6 is 0 Å². The van der Waals surface area contributed by atoms with Crippen molar-refractivity contribution in [1.29, 1.82) is 0 Å². The van der Waals surface area contributed by atoms with Gasteiger partial charge in [0.05, 0.1) is 4.90 Å². The molecule has 2 N–H and O–H groups in total. The number of hydrogen-bond acceptors (Lipinski definition) is 2. The molecule has 8 heteroatoms. The van der Waals surface area contributed by atoms with E-state index in [0.29, 0.717) is 0 Å². The van der Waals surface area contributed by atoms with Crippen LogP contribution in [0.2, 0.25) is 0 Å². The standard InChI is InChI=1S/C20H15F4NO2S/c1-10-3-4-13(9-11(10)2)16-15(17(21)19(23)20(24)18(16)22)12-5-7-14(8-6-12)28(25,26)27/h3-9H,1-2H3,(H2,25,26,27). The average Bonchev–Trinajstić information content (AvgIpc) is 2.64. The van der Waals surface area contributed by atoms with E-state index in [0.717, 1.165) is 35.4 Å². The fourth-order valence-electron chi connectivity index (χ4n) is 2.88. The molecular weight excluding hydrogens is 394 g/mol. The lowest BCUT2D eigenvalue weighted by Gasteiger charge is -2.15. The molecule has 0 aliphatic rings. The Balaban J connectivity index is 2.35. The number of aryl methyl sites for hydroxylation is 2. The Kier molecular flexibility index (Phi) is 5.03. The molecule has 0 heterocycles. The number of rotatable bonds is 3. The minimum absolute atomic E-state index is 0.0315. The second-order valence-electron chi connectivity index (χ2n) is 6.37. The van der Waals surface area contributed by atoms with Gasteiger partial charge in [-0.15, -0.1) is 0 Å². The molecule has 0 bridgehead atoms. The van der Waals surface area contributed by atoms with Crippen LogP contribution in [0.3, 0.4) is 0 Å². The summed E-state index contributed by atoms with van der Waals surface area (Å²) in [6.07, 6.45) is 0. The Morgan fingerprint density at radius 2 is 1.14 bits per heavy atom. The molecule has 3 aromatic carbocycles. The van der Waals surface area contributed by atoms with Gasteiger partial charge in [-0.3, -0.25) is 0 Å². The maximum Gasteiger partial charge on any atom is 0.238 e. The zero-order chi connectivity index (χ0) is 20.8. The molecule has 0 aromatic heterocycles. The third-order valence-corrected chi connectivity index (χ3v) is 5.46. The van der Waals surface area contributed by atoms with Crippen molar-refractivity contribution in [3.05, 3.63) is 76.9 Å².